The summed E-state index contributed by atoms with van der Waals surface area (Å²) >= 11 is 0. The molecule has 0 radical (unpaired) electrons. The number of amides is 1. The van der Waals surface area contributed by atoms with Crippen LogP contribution in [0, 0.1) is 22.0 Å². The lowest BCUT2D eigenvalue weighted by Crippen LogP contribution is -2.45. The van der Waals surface area contributed by atoms with E-state index in [9.17, 15) is 23.3 Å². The van der Waals surface area contributed by atoms with Gasteiger partial charge in [-0.15, -0.1) is 0 Å². The number of nitro groups is 1. The molecule has 8 nitrogen and oxygen atoms in total. The molecule has 2 aliphatic rings. The SMILES string of the molecule is CS(=O)(=O)N(CC(=O)N[C@H]1C[C@@H]2CC[C@H]1C2)c1cccc([N+](=O)[O-])c1. The van der Waals surface area contributed by atoms with E-state index in [4.69, 9.17) is 0 Å². The van der Waals surface area contributed by atoms with Crippen molar-refractivity contribution in [2.75, 3.05) is 17.1 Å². The van der Waals surface area contributed by atoms with E-state index in [-0.39, 0.29) is 29.9 Å². The van der Waals surface area contributed by atoms with Crippen molar-refractivity contribution < 1.29 is 18.1 Å². The van der Waals surface area contributed by atoms with Crippen LogP contribution in [0.4, 0.5) is 11.4 Å². The van der Waals surface area contributed by atoms with Gasteiger partial charge in [0.1, 0.15) is 6.54 Å². The Morgan fingerprint density at radius 2 is 2.12 bits per heavy atom. The Kier molecular flexibility index (Phi) is 4.68. The van der Waals surface area contributed by atoms with Gasteiger partial charge in [0.25, 0.3) is 5.69 Å². The van der Waals surface area contributed by atoms with Gasteiger partial charge in [-0.3, -0.25) is 19.2 Å². The summed E-state index contributed by atoms with van der Waals surface area (Å²) in [5.41, 5.74) is -0.112. The molecule has 25 heavy (non-hydrogen) atoms. The molecule has 9 heteroatoms. The van der Waals surface area contributed by atoms with Gasteiger partial charge in [0, 0.05) is 18.2 Å². The highest BCUT2D eigenvalue weighted by molar-refractivity contribution is 7.92. The van der Waals surface area contributed by atoms with Crippen LogP contribution in [0.25, 0.3) is 0 Å². The third kappa shape index (κ3) is 3.92. The number of non-ortho nitro benzene ring substituents is 1. The Hall–Kier alpha value is -2.16. The molecular weight excluding hydrogens is 346 g/mol. The maximum atomic E-state index is 12.4. The number of carbonyl (C=O) groups excluding carboxylic acids is 1. The van der Waals surface area contributed by atoms with Crippen LogP contribution in [0.5, 0.6) is 0 Å². The maximum Gasteiger partial charge on any atom is 0.271 e. The third-order valence-electron chi connectivity index (χ3n) is 5.10. The quantitative estimate of drug-likeness (QED) is 0.607. The Labute approximate surface area is 146 Å². The summed E-state index contributed by atoms with van der Waals surface area (Å²) < 4.78 is 25.1. The number of rotatable bonds is 6. The smallest absolute Gasteiger partial charge is 0.271 e. The molecule has 2 fully saturated rings. The topological polar surface area (TPSA) is 110 Å². The van der Waals surface area contributed by atoms with Gasteiger partial charge in [0.15, 0.2) is 0 Å². The minimum atomic E-state index is -3.75. The van der Waals surface area contributed by atoms with E-state index in [1.54, 1.807) is 0 Å². The summed E-state index contributed by atoms with van der Waals surface area (Å²) in [5.74, 6) is 0.769. The molecule has 0 unspecified atom stereocenters. The van der Waals surface area contributed by atoms with Crippen molar-refractivity contribution in [1.29, 1.82) is 0 Å². The lowest BCUT2D eigenvalue weighted by atomic mass is 9.95. The highest BCUT2D eigenvalue weighted by Crippen LogP contribution is 2.44. The first kappa shape index (κ1) is 17.7. The average molecular weight is 367 g/mol. The standard InChI is InChI=1S/C16H21N3O5S/c1-25(23,24)18(13-3-2-4-14(9-13)19(21)22)10-16(20)17-15-8-11-5-6-12(15)7-11/h2-4,9,11-12,15H,5-8,10H2,1H3,(H,17,20)/t11-,12+,15+/m1/s1. The molecule has 136 valence electrons. The van der Waals surface area contributed by atoms with Crippen LogP contribution >= 0.6 is 0 Å². The van der Waals surface area contributed by atoms with Crippen LogP contribution in [-0.2, 0) is 14.8 Å². The first-order valence-electron chi connectivity index (χ1n) is 8.25. The second kappa shape index (κ2) is 6.62. The number of anilines is 1. The largest absolute Gasteiger partial charge is 0.352 e. The second-order valence-electron chi connectivity index (χ2n) is 6.90. The Bertz CT molecular complexity index is 795. The molecule has 1 aromatic rings. The minimum absolute atomic E-state index is 0.109. The van der Waals surface area contributed by atoms with Crippen LogP contribution < -0.4 is 9.62 Å². The van der Waals surface area contributed by atoms with Crippen LogP contribution in [0.1, 0.15) is 25.7 Å². The fourth-order valence-corrected chi connectivity index (χ4v) is 4.81. The number of carbonyl (C=O) groups is 1. The summed E-state index contributed by atoms with van der Waals surface area (Å²) in [7, 11) is -3.75. The number of benzene rings is 1. The summed E-state index contributed by atoms with van der Waals surface area (Å²) in [6.45, 7) is -0.381. The number of nitrogens with zero attached hydrogens (tertiary/aromatic N) is 2. The first-order valence-corrected chi connectivity index (χ1v) is 10.1. The van der Waals surface area contributed by atoms with Gasteiger partial charge in [0.05, 0.1) is 16.9 Å². The van der Waals surface area contributed by atoms with Crippen LogP contribution in [-0.4, -0.2) is 38.1 Å². The summed E-state index contributed by atoms with van der Waals surface area (Å²) in [6.07, 6.45) is 5.38. The monoisotopic (exact) mass is 367 g/mol. The lowest BCUT2D eigenvalue weighted by Gasteiger charge is -2.26. The molecule has 2 bridgehead atoms. The van der Waals surface area contributed by atoms with E-state index in [2.05, 4.69) is 5.32 Å². The molecule has 3 atom stereocenters. The highest BCUT2D eigenvalue weighted by Gasteiger charge is 2.40. The van der Waals surface area contributed by atoms with Gasteiger partial charge in [-0.05, 0) is 37.2 Å². The van der Waals surface area contributed by atoms with Gasteiger partial charge >= 0.3 is 0 Å². The summed E-state index contributed by atoms with van der Waals surface area (Å²) in [4.78, 5) is 22.7. The molecule has 2 aliphatic carbocycles. The Morgan fingerprint density at radius 1 is 1.36 bits per heavy atom. The van der Waals surface area contributed by atoms with Gasteiger partial charge in [-0.25, -0.2) is 8.42 Å². The zero-order valence-corrected chi connectivity index (χ0v) is 14.7. The summed E-state index contributed by atoms with van der Waals surface area (Å²) in [5, 5.41) is 13.9. The van der Waals surface area contributed by atoms with Crippen LogP contribution in [0.3, 0.4) is 0 Å². The zero-order valence-electron chi connectivity index (χ0n) is 13.9. The number of nitrogens with one attached hydrogen (secondary N) is 1. The van der Waals surface area contributed by atoms with Crippen molar-refractivity contribution in [1.82, 2.24) is 5.32 Å². The number of sulfonamides is 1. The summed E-state index contributed by atoms with van der Waals surface area (Å²) in [6, 6.07) is 5.39. The Balaban J connectivity index is 1.74. The number of hydrogen-bond donors (Lipinski definition) is 1. The van der Waals surface area contributed by atoms with Crippen molar-refractivity contribution in [3.05, 3.63) is 34.4 Å². The van der Waals surface area contributed by atoms with Gasteiger partial charge in [-0.2, -0.15) is 0 Å². The van der Waals surface area contributed by atoms with E-state index in [0.29, 0.717) is 11.8 Å². The fraction of sp³-hybridized carbons (Fsp3) is 0.562. The minimum Gasteiger partial charge on any atom is -0.352 e. The molecule has 0 spiro atoms. The first-order chi connectivity index (χ1) is 11.7. The molecule has 1 aromatic carbocycles. The van der Waals surface area contributed by atoms with Crippen LogP contribution in [0.15, 0.2) is 24.3 Å². The van der Waals surface area contributed by atoms with Crippen LogP contribution in [0.2, 0.25) is 0 Å². The molecule has 0 saturated heterocycles. The van der Waals surface area contributed by atoms with Crippen molar-refractivity contribution >= 4 is 27.3 Å². The lowest BCUT2D eigenvalue weighted by molar-refractivity contribution is -0.384. The van der Waals surface area contributed by atoms with Gasteiger partial charge in [-0.1, -0.05) is 12.5 Å². The van der Waals surface area contributed by atoms with Gasteiger partial charge < -0.3 is 5.32 Å². The molecule has 1 amide bonds. The maximum absolute atomic E-state index is 12.4. The van der Waals surface area contributed by atoms with E-state index in [1.165, 1.54) is 24.6 Å². The fourth-order valence-electron chi connectivity index (χ4n) is 3.97. The molecular formula is C16H21N3O5S. The van der Waals surface area contributed by atoms with Gasteiger partial charge in [0.2, 0.25) is 15.9 Å². The Morgan fingerprint density at radius 3 is 2.68 bits per heavy atom. The van der Waals surface area contributed by atoms with Crippen molar-refractivity contribution in [3.63, 3.8) is 0 Å². The van der Waals surface area contributed by atoms with E-state index < -0.39 is 14.9 Å². The van der Waals surface area contributed by atoms with E-state index >= 15 is 0 Å². The highest BCUT2D eigenvalue weighted by atomic mass is 32.2. The second-order valence-corrected chi connectivity index (χ2v) is 8.80. The van der Waals surface area contributed by atoms with Crippen molar-refractivity contribution in [3.8, 4) is 0 Å². The van der Waals surface area contributed by atoms with Crippen molar-refractivity contribution in [2.24, 2.45) is 11.8 Å². The molecule has 0 aliphatic heterocycles. The van der Waals surface area contributed by atoms with E-state index in [1.807, 2.05) is 0 Å². The van der Waals surface area contributed by atoms with Crippen molar-refractivity contribution in [2.45, 2.75) is 31.7 Å². The molecule has 0 heterocycles. The molecule has 2 saturated carbocycles. The number of nitro benzene ring substituents is 1. The normalized spacial score (nSPS) is 24.9. The molecule has 3 rings (SSSR count). The third-order valence-corrected chi connectivity index (χ3v) is 6.24. The number of hydrogen-bond acceptors (Lipinski definition) is 5. The number of fused-ring (bicyclic) bond motifs is 2. The van der Waals surface area contributed by atoms with E-state index in [0.717, 1.165) is 35.9 Å². The average Bonchev–Trinajstić information content (AvgIpc) is 3.14. The molecule has 1 N–H and O–H groups in total. The predicted octanol–water partition coefficient (Wildman–Crippen LogP) is 1.67. The predicted molar refractivity (Wildman–Crippen MR) is 92.7 cm³/mol. The zero-order chi connectivity index (χ0) is 18.2. The molecule has 0 aromatic heterocycles.